The summed E-state index contributed by atoms with van der Waals surface area (Å²) in [6, 6.07) is 15.2. The SMILES string of the molecule is CC1CSCC(c2ccc(Cl)cc2)N1c1ccc2c(c1)OCO2. The highest BCUT2D eigenvalue weighted by molar-refractivity contribution is 7.99. The summed E-state index contributed by atoms with van der Waals surface area (Å²) in [5.74, 6) is 3.86. The molecule has 0 spiro atoms. The third-order valence-electron chi connectivity index (χ3n) is 4.35. The molecule has 0 bridgehead atoms. The van der Waals surface area contributed by atoms with Crippen molar-refractivity contribution in [1.82, 2.24) is 0 Å². The van der Waals surface area contributed by atoms with Crippen LogP contribution in [-0.4, -0.2) is 24.3 Å². The van der Waals surface area contributed by atoms with E-state index in [9.17, 15) is 0 Å². The highest BCUT2D eigenvalue weighted by atomic mass is 35.5. The molecule has 2 heterocycles. The van der Waals surface area contributed by atoms with Crippen LogP contribution < -0.4 is 14.4 Å². The number of hydrogen-bond acceptors (Lipinski definition) is 4. The minimum Gasteiger partial charge on any atom is -0.454 e. The lowest BCUT2D eigenvalue weighted by Crippen LogP contribution is -2.43. The fourth-order valence-corrected chi connectivity index (χ4v) is 4.58. The number of fused-ring (bicyclic) bond motifs is 1. The van der Waals surface area contributed by atoms with Crippen molar-refractivity contribution in [2.45, 2.75) is 19.0 Å². The predicted octanol–water partition coefficient (Wildman–Crippen LogP) is 4.75. The fraction of sp³-hybridized carbons (Fsp3) is 0.333. The third kappa shape index (κ3) is 2.86. The Balaban J connectivity index is 1.71. The van der Waals surface area contributed by atoms with Gasteiger partial charge in [0, 0.05) is 34.3 Å². The second kappa shape index (κ2) is 6.17. The summed E-state index contributed by atoms with van der Waals surface area (Å²) < 4.78 is 11.0. The maximum Gasteiger partial charge on any atom is 0.231 e. The van der Waals surface area contributed by atoms with E-state index >= 15 is 0 Å². The molecule has 2 unspecified atom stereocenters. The van der Waals surface area contributed by atoms with Crippen LogP contribution in [-0.2, 0) is 0 Å². The van der Waals surface area contributed by atoms with Gasteiger partial charge in [0.2, 0.25) is 6.79 Å². The van der Waals surface area contributed by atoms with E-state index in [-0.39, 0.29) is 0 Å². The zero-order valence-electron chi connectivity index (χ0n) is 12.9. The number of thioether (sulfide) groups is 1. The molecule has 2 aliphatic rings. The molecule has 1 fully saturated rings. The second-order valence-corrected chi connectivity index (χ2v) is 7.41. The summed E-state index contributed by atoms with van der Waals surface area (Å²) in [6.45, 7) is 2.59. The molecule has 2 atom stereocenters. The molecule has 5 heteroatoms. The molecular weight excluding hydrogens is 330 g/mol. The number of benzene rings is 2. The van der Waals surface area contributed by atoms with E-state index in [0.29, 0.717) is 18.9 Å². The maximum absolute atomic E-state index is 6.05. The molecule has 0 amide bonds. The van der Waals surface area contributed by atoms with Gasteiger partial charge in [-0.3, -0.25) is 0 Å². The Labute approximate surface area is 145 Å². The predicted molar refractivity (Wildman–Crippen MR) is 96.0 cm³/mol. The molecule has 1 saturated heterocycles. The number of rotatable bonds is 2. The van der Waals surface area contributed by atoms with Crippen molar-refractivity contribution in [2.75, 3.05) is 23.2 Å². The zero-order chi connectivity index (χ0) is 15.8. The Morgan fingerprint density at radius 3 is 2.65 bits per heavy atom. The monoisotopic (exact) mass is 347 g/mol. The minimum atomic E-state index is 0.310. The summed E-state index contributed by atoms with van der Waals surface area (Å²) in [5, 5.41) is 0.778. The van der Waals surface area contributed by atoms with Crippen LogP contribution in [0.3, 0.4) is 0 Å². The van der Waals surface area contributed by atoms with Crippen LogP contribution >= 0.6 is 23.4 Å². The van der Waals surface area contributed by atoms with Gasteiger partial charge in [0.05, 0.1) is 6.04 Å². The standard InChI is InChI=1S/C18H18ClNO2S/c1-12-9-23-10-16(13-2-4-14(19)5-3-13)20(12)15-6-7-17-18(8-15)22-11-21-17/h2-8,12,16H,9-11H2,1H3. The Kier molecular flexibility index (Phi) is 4.04. The highest BCUT2D eigenvalue weighted by Gasteiger charge is 2.30. The van der Waals surface area contributed by atoms with E-state index in [0.717, 1.165) is 28.0 Å². The first-order chi connectivity index (χ1) is 11.2. The van der Waals surface area contributed by atoms with Crippen molar-refractivity contribution in [3.05, 3.63) is 53.1 Å². The van der Waals surface area contributed by atoms with Crippen LogP contribution in [0.5, 0.6) is 11.5 Å². The average molecular weight is 348 g/mol. The Morgan fingerprint density at radius 1 is 1.04 bits per heavy atom. The first-order valence-corrected chi connectivity index (χ1v) is 9.27. The Hall–Kier alpha value is -1.52. The van der Waals surface area contributed by atoms with Crippen LogP contribution in [0.4, 0.5) is 5.69 Å². The number of halogens is 1. The quantitative estimate of drug-likeness (QED) is 0.781. The third-order valence-corrected chi connectivity index (χ3v) is 5.88. The average Bonchev–Trinajstić information content (AvgIpc) is 3.03. The molecule has 23 heavy (non-hydrogen) atoms. The van der Waals surface area contributed by atoms with Gasteiger partial charge in [0.25, 0.3) is 0 Å². The van der Waals surface area contributed by atoms with E-state index in [1.807, 2.05) is 30.0 Å². The summed E-state index contributed by atoms with van der Waals surface area (Å²) in [5.41, 5.74) is 2.48. The molecule has 0 radical (unpaired) electrons. The molecule has 0 aromatic heterocycles. The van der Waals surface area contributed by atoms with E-state index in [1.165, 1.54) is 11.3 Å². The number of nitrogens with zero attached hydrogens (tertiary/aromatic N) is 1. The molecule has 3 nitrogen and oxygen atoms in total. The van der Waals surface area contributed by atoms with Gasteiger partial charge in [-0.05, 0) is 36.8 Å². The lowest BCUT2D eigenvalue weighted by molar-refractivity contribution is 0.174. The summed E-state index contributed by atoms with van der Waals surface area (Å²) in [4.78, 5) is 2.49. The number of anilines is 1. The van der Waals surface area contributed by atoms with Crippen LogP contribution in [0.2, 0.25) is 5.02 Å². The van der Waals surface area contributed by atoms with Gasteiger partial charge in [0.1, 0.15) is 0 Å². The second-order valence-electron chi connectivity index (χ2n) is 5.90. The zero-order valence-corrected chi connectivity index (χ0v) is 14.4. The van der Waals surface area contributed by atoms with Crippen LogP contribution in [0.1, 0.15) is 18.5 Å². The van der Waals surface area contributed by atoms with E-state index in [4.69, 9.17) is 21.1 Å². The molecule has 2 aromatic rings. The molecule has 0 N–H and O–H groups in total. The van der Waals surface area contributed by atoms with Gasteiger partial charge < -0.3 is 14.4 Å². The smallest absolute Gasteiger partial charge is 0.231 e. The summed E-state index contributed by atoms with van der Waals surface area (Å²) in [7, 11) is 0. The molecule has 4 rings (SSSR count). The molecule has 2 aromatic carbocycles. The normalized spacial score (nSPS) is 23.1. The molecule has 0 saturated carbocycles. The molecule has 2 aliphatic heterocycles. The highest BCUT2D eigenvalue weighted by Crippen LogP contribution is 2.41. The van der Waals surface area contributed by atoms with Crippen LogP contribution in [0, 0.1) is 0 Å². The largest absolute Gasteiger partial charge is 0.454 e. The van der Waals surface area contributed by atoms with Crippen molar-refractivity contribution >= 4 is 29.1 Å². The maximum atomic E-state index is 6.05. The van der Waals surface area contributed by atoms with Crippen molar-refractivity contribution in [1.29, 1.82) is 0 Å². The lowest BCUT2D eigenvalue weighted by Gasteiger charge is -2.42. The Morgan fingerprint density at radius 2 is 1.83 bits per heavy atom. The molecule has 0 aliphatic carbocycles. The van der Waals surface area contributed by atoms with E-state index < -0.39 is 0 Å². The van der Waals surface area contributed by atoms with Crippen molar-refractivity contribution < 1.29 is 9.47 Å². The van der Waals surface area contributed by atoms with Crippen molar-refractivity contribution in [3.8, 4) is 11.5 Å². The molecule has 120 valence electrons. The van der Waals surface area contributed by atoms with E-state index in [1.54, 1.807) is 0 Å². The van der Waals surface area contributed by atoms with Gasteiger partial charge in [-0.1, -0.05) is 23.7 Å². The van der Waals surface area contributed by atoms with Gasteiger partial charge >= 0.3 is 0 Å². The summed E-state index contributed by atoms with van der Waals surface area (Å²) >= 11 is 8.05. The van der Waals surface area contributed by atoms with Crippen molar-refractivity contribution in [3.63, 3.8) is 0 Å². The summed E-state index contributed by atoms with van der Waals surface area (Å²) in [6.07, 6.45) is 0. The topological polar surface area (TPSA) is 21.7 Å². The first kappa shape index (κ1) is 15.0. The van der Waals surface area contributed by atoms with Crippen molar-refractivity contribution in [2.24, 2.45) is 0 Å². The first-order valence-electron chi connectivity index (χ1n) is 7.73. The Bertz CT molecular complexity index is 707. The molecular formula is C18H18ClNO2S. The van der Waals surface area contributed by atoms with Gasteiger partial charge in [-0.2, -0.15) is 11.8 Å². The minimum absolute atomic E-state index is 0.310. The number of ether oxygens (including phenoxy) is 2. The number of hydrogen-bond donors (Lipinski definition) is 0. The van der Waals surface area contributed by atoms with Gasteiger partial charge in [-0.15, -0.1) is 0 Å². The van der Waals surface area contributed by atoms with Crippen LogP contribution in [0.25, 0.3) is 0 Å². The fourth-order valence-electron chi connectivity index (χ4n) is 3.24. The van der Waals surface area contributed by atoms with Crippen LogP contribution in [0.15, 0.2) is 42.5 Å². The van der Waals surface area contributed by atoms with E-state index in [2.05, 4.69) is 36.1 Å². The van der Waals surface area contributed by atoms with Gasteiger partial charge in [-0.25, -0.2) is 0 Å². The van der Waals surface area contributed by atoms with Gasteiger partial charge in [0.15, 0.2) is 11.5 Å². The lowest BCUT2D eigenvalue weighted by atomic mass is 10.0.